The Kier molecular flexibility index (Phi) is 3.84. The predicted octanol–water partition coefficient (Wildman–Crippen LogP) is 2.99. The van der Waals surface area contributed by atoms with Gasteiger partial charge in [0.05, 0.1) is 7.11 Å². The predicted molar refractivity (Wildman–Crippen MR) is 71.3 cm³/mol. The van der Waals surface area contributed by atoms with Gasteiger partial charge in [0.25, 0.3) is 0 Å². The molecular weight excluding hydrogens is 250 g/mol. The van der Waals surface area contributed by atoms with E-state index in [0.29, 0.717) is 5.75 Å². The van der Waals surface area contributed by atoms with Crippen LogP contribution in [-0.4, -0.2) is 18.2 Å². The van der Waals surface area contributed by atoms with Crippen LogP contribution in [-0.2, 0) is 4.79 Å². The van der Waals surface area contributed by atoms with Crippen LogP contribution in [0.3, 0.4) is 0 Å². The highest BCUT2D eigenvalue weighted by Gasteiger charge is 2.20. The molecule has 2 aromatic rings. The van der Waals surface area contributed by atoms with E-state index >= 15 is 0 Å². The molecule has 1 heterocycles. The summed E-state index contributed by atoms with van der Waals surface area (Å²) in [4.78, 5) is 12.0. The van der Waals surface area contributed by atoms with Crippen molar-refractivity contribution in [2.75, 3.05) is 12.4 Å². The van der Waals surface area contributed by atoms with E-state index in [1.807, 2.05) is 29.6 Å². The molecule has 5 heteroatoms. The van der Waals surface area contributed by atoms with Crippen LogP contribution in [0, 0.1) is 0 Å². The lowest BCUT2D eigenvalue weighted by atomic mass is 10.2. The number of methoxy groups -OCH3 is 1. The van der Waals surface area contributed by atoms with Gasteiger partial charge in [0.2, 0.25) is 0 Å². The molecule has 0 aliphatic carbocycles. The quantitative estimate of drug-likeness (QED) is 0.870. The number of benzene rings is 1. The van der Waals surface area contributed by atoms with Gasteiger partial charge >= 0.3 is 5.97 Å². The second-order valence-electron chi connectivity index (χ2n) is 3.66. The van der Waals surface area contributed by atoms with E-state index in [2.05, 4.69) is 5.32 Å². The maximum Gasteiger partial charge on any atom is 0.331 e. The average molecular weight is 263 g/mol. The van der Waals surface area contributed by atoms with Crippen LogP contribution in [0.4, 0.5) is 5.69 Å². The Hall–Kier alpha value is -2.01. The maximum atomic E-state index is 11.3. The summed E-state index contributed by atoms with van der Waals surface area (Å²) >= 11 is 1.41. The third-order valence-corrected chi connectivity index (χ3v) is 3.39. The van der Waals surface area contributed by atoms with Gasteiger partial charge in [0.1, 0.15) is 5.75 Å². The van der Waals surface area contributed by atoms with E-state index in [9.17, 15) is 9.90 Å². The standard InChI is InChI=1S/C13H13NO3S/c1-17-10-5-2-4-9(8-10)14-12(13(15)16)11-6-3-7-18-11/h2-8,12,14H,1H3,(H,15,16)/t12-/m0/s1. The van der Waals surface area contributed by atoms with Gasteiger partial charge in [-0.3, -0.25) is 0 Å². The third kappa shape index (κ3) is 2.81. The van der Waals surface area contributed by atoms with Crippen LogP contribution in [0.5, 0.6) is 5.75 Å². The summed E-state index contributed by atoms with van der Waals surface area (Å²) in [5.74, 6) is -0.212. The van der Waals surface area contributed by atoms with Crippen molar-refractivity contribution in [2.45, 2.75) is 6.04 Å². The molecule has 1 atom stereocenters. The van der Waals surface area contributed by atoms with Crippen molar-refractivity contribution < 1.29 is 14.6 Å². The molecule has 4 nitrogen and oxygen atoms in total. The van der Waals surface area contributed by atoms with E-state index in [-0.39, 0.29) is 0 Å². The molecule has 0 spiro atoms. The van der Waals surface area contributed by atoms with E-state index in [1.54, 1.807) is 19.2 Å². The largest absolute Gasteiger partial charge is 0.497 e. The Morgan fingerprint density at radius 2 is 2.22 bits per heavy atom. The Morgan fingerprint density at radius 3 is 2.83 bits per heavy atom. The summed E-state index contributed by atoms with van der Waals surface area (Å²) < 4.78 is 5.10. The van der Waals surface area contributed by atoms with Gasteiger partial charge in [0.15, 0.2) is 6.04 Å². The molecule has 94 valence electrons. The summed E-state index contributed by atoms with van der Waals surface area (Å²) in [6, 6.07) is 10.1. The number of rotatable bonds is 5. The van der Waals surface area contributed by atoms with Crippen molar-refractivity contribution in [3.8, 4) is 5.75 Å². The van der Waals surface area contributed by atoms with Gasteiger partial charge in [-0.2, -0.15) is 0 Å². The highest BCUT2D eigenvalue weighted by Crippen LogP contribution is 2.25. The Balaban J connectivity index is 2.21. The summed E-state index contributed by atoms with van der Waals surface area (Å²) in [6.07, 6.45) is 0. The highest BCUT2D eigenvalue weighted by molar-refractivity contribution is 7.10. The lowest BCUT2D eigenvalue weighted by Crippen LogP contribution is -2.19. The van der Waals surface area contributed by atoms with Crippen molar-refractivity contribution in [1.82, 2.24) is 0 Å². The maximum absolute atomic E-state index is 11.3. The van der Waals surface area contributed by atoms with Gasteiger partial charge in [0, 0.05) is 16.6 Å². The van der Waals surface area contributed by atoms with Crippen molar-refractivity contribution in [3.63, 3.8) is 0 Å². The fourth-order valence-corrected chi connectivity index (χ4v) is 2.36. The summed E-state index contributed by atoms with van der Waals surface area (Å²) in [5.41, 5.74) is 0.718. The monoisotopic (exact) mass is 263 g/mol. The molecule has 0 aliphatic heterocycles. The van der Waals surface area contributed by atoms with E-state index in [0.717, 1.165) is 10.6 Å². The molecule has 18 heavy (non-hydrogen) atoms. The van der Waals surface area contributed by atoms with Crippen molar-refractivity contribution >= 4 is 23.0 Å². The molecule has 1 aromatic carbocycles. The minimum Gasteiger partial charge on any atom is -0.497 e. The smallest absolute Gasteiger partial charge is 0.331 e. The Labute approximate surface area is 109 Å². The number of carboxylic acids is 1. The number of carboxylic acid groups (broad SMARTS) is 1. The zero-order valence-corrected chi connectivity index (χ0v) is 10.6. The van der Waals surface area contributed by atoms with Crippen LogP contribution in [0.15, 0.2) is 41.8 Å². The second-order valence-corrected chi connectivity index (χ2v) is 4.64. The van der Waals surface area contributed by atoms with E-state index in [1.165, 1.54) is 11.3 Å². The first kappa shape index (κ1) is 12.4. The fraction of sp³-hybridized carbons (Fsp3) is 0.154. The van der Waals surface area contributed by atoms with Gasteiger partial charge in [-0.15, -0.1) is 11.3 Å². The topological polar surface area (TPSA) is 58.6 Å². The summed E-state index contributed by atoms with van der Waals surface area (Å²) in [6.45, 7) is 0. The number of hydrogen-bond donors (Lipinski definition) is 2. The van der Waals surface area contributed by atoms with Gasteiger partial charge in [-0.25, -0.2) is 4.79 Å². The third-order valence-electron chi connectivity index (χ3n) is 2.46. The molecule has 0 bridgehead atoms. The van der Waals surface area contributed by atoms with Crippen molar-refractivity contribution in [3.05, 3.63) is 46.7 Å². The fourth-order valence-electron chi connectivity index (χ4n) is 1.59. The SMILES string of the molecule is COc1cccc(N[C@H](C(=O)O)c2cccs2)c1. The zero-order valence-electron chi connectivity index (χ0n) is 9.79. The molecule has 0 unspecified atom stereocenters. The minimum absolute atomic E-state index is 0.690. The van der Waals surface area contributed by atoms with Crippen LogP contribution >= 0.6 is 11.3 Å². The molecule has 0 saturated carbocycles. The molecule has 0 amide bonds. The Morgan fingerprint density at radius 1 is 1.39 bits per heavy atom. The van der Waals surface area contributed by atoms with Crippen LogP contribution in [0.25, 0.3) is 0 Å². The first-order valence-electron chi connectivity index (χ1n) is 5.37. The number of ether oxygens (including phenoxy) is 1. The summed E-state index contributed by atoms with van der Waals surface area (Å²) in [5, 5.41) is 14.1. The van der Waals surface area contributed by atoms with Crippen molar-refractivity contribution in [1.29, 1.82) is 0 Å². The minimum atomic E-state index is -0.903. The molecule has 1 aromatic heterocycles. The number of anilines is 1. The number of aliphatic carboxylic acids is 1. The number of hydrogen-bond acceptors (Lipinski definition) is 4. The van der Waals surface area contributed by atoms with Crippen LogP contribution < -0.4 is 10.1 Å². The van der Waals surface area contributed by atoms with E-state index in [4.69, 9.17) is 4.74 Å². The molecule has 2 N–H and O–H groups in total. The van der Waals surface area contributed by atoms with Gasteiger partial charge in [-0.05, 0) is 23.6 Å². The lowest BCUT2D eigenvalue weighted by Gasteiger charge is -2.14. The second kappa shape index (κ2) is 5.55. The normalized spacial score (nSPS) is 11.8. The van der Waals surface area contributed by atoms with Crippen molar-refractivity contribution in [2.24, 2.45) is 0 Å². The van der Waals surface area contributed by atoms with E-state index < -0.39 is 12.0 Å². The average Bonchev–Trinajstić information content (AvgIpc) is 2.89. The van der Waals surface area contributed by atoms with Gasteiger partial charge < -0.3 is 15.2 Å². The van der Waals surface area contributed by atoms with Crippen LogP contribution in [0.1, 0.15) is 10.9 Å². The lowest BCUT2D eigenvalue weighted by molar-refractivity contribution is -0.138. The molecule has 0 aliphatic rings. The number of thiophene rings is 1. The first-order chi connectivity index (χ1) is 8.70. The van der Waals surface area contributed by atoms with Crippen LogP contribution in [0.2, 0.25) is 0 Å². The molecule has 0 fully saturated rings. The molecule has 0 radical (unpaired) electrons. The molecule has 2 rings (SSSR count). The first-order valence-corrected chi connectivity index (χ1v) is 6.25. The number of nitrogens with one attached hydrogen (secondary N) is 1. The Bertz CT molecular complexity index is 525. The molecular formula is C13H13NO3S. The summed E-state index contributed by atoms with van der Waals surface area (Å²) in [7, 11) is 1.58. The van der Waals surface area contributed by atoms with Gasteiger partial charge in [-0.1, -0.05) is 12.1 Å². The number of carbonyl (C=O) groups is 1. The highest BCUT2D eigenvalue weighted by atomic mass is 32.1. The molecule has 0 saturated heterocycles. The zero-order chi connectivity index (χ0) is 13.0.